The fourth-order valence-electron chi connectivity index (χ4n) is 2.28. The molecule has 1 unspecified atom stereocenters. The first kappa shape index (κ1) is 11.5. The van der Waals surface area contributed by atoms with E-state index in [0.29, 0.717) is 0 Å². The number of nitrogens with one attached hydrogen (secondary N) is 1. The van der Waals surface area contributed by atoms with Gasteiger partial charge in [-0.15, -0.1) is 0 Å². The van der Waals surface area contributed by atoms with Gasteiger partial charge in [0.15, 0.2) is 0 Å². The van der Waals surface area contributed by atoms with Gasteiger partial charge in [-0.2, -0.15) is 0 Å². The number of hydrogen-bond acceptors (Lipinski definition) is 1. The zero-order valence-electron chi connectivity index (χ0n) is 9.84. The van der Waals surface area contributed by atoms with Crippen molar-refractivity contribution < 1.29 is 0 Å². The molecule has 1 fully saturated rings. The SMILES string of the molecule is CCC(=N)N1CCCC(C(C)C)CC1. The van der Waals surface area contributed by atoms with Crippen molar-refractivity contribution in [3.8, 4) is 0 Å². The van der Waals surface area contributed by atoms with Gasteiger partial charge in [0.2, 0.25) is 0 Å². The lowest BCUT2D eigenvalue weighted by Gasteiger charge is -2.23. The van der Waals surface area contributed by atoms with Crippen LogP contribution in [0.4, 0.5) is 0 Å². The molecule has 0 spiro atoms. The minimum Gasteiger partial charge on any atom is -0.361 e. The summed E-state index contributed by atoms with van der Waals surface area (Å²) in [5.41, 5.74) is 0. The molecule has 0 aromatic carbocycles. The van der Waals surface area contributed by atoms with E-state index in [4.69, 9.17) is 5.41 Å². The van der Waals surface area contributed by atoms with Crippen LogP contribution < -0.4 is 0 Å². The zero-order valence-corrected chi connectivity index (χ0v) is 9.84. The molecule has 0 aromatic rings. The Bertz CT molecular complexity index is 187. The smallest absolute Gasteiger partial charge is 0.0954 e. The number of hydrogen-bond donors (Lipinski definition) is 1. The summed E-state index contributed by atoms with van der Waals surface area (Å²) in [5, 5.41) is 7.83. The summed E-state index contributed by atoms with van der Waals surface area (Å²) in [5.74, 6) is 2.52. The molecule has 0 bridgehead atoms. The minimum absolute atomic E-state index is 0.811. The van der Waals surface area contributed by atoms with Crippen LogP contribution in [0.1, 0.15) is 46.5 Å². The lowest BCUT2D eigenvalue weighted by molar-refractivity contribution is 0.339. The summed E-state index contributed by atoms with van der Waals surface area (Å²) in [4.78, 5) is 2.27. The summed E-state index contributed by atoms with van der Waals surface area (Å²) in [6.07, 6.45) is 4.78. The highest BCUT2D eigenvalue weighted by atomic mass is 15.2. The number of amidine groups is 1. The molecule has 14 heavy (non-hydrogen) atoms. The summed E-state index contributed by atoms with van der Waals surface area (Å²) in [7, 11) is 0. The Kier molecular flexibility index (Phi) is 4.43. The van der Waals surface area contributed by atoms with Crippen LogP contribution in [-0.4, -0.2) is 23.8 Å². The molecule has 1 aliphatic heterocycles. The normalized spacial score (nSPS) is 23.7. The molecular formula is C12H24N2. The van der Waals surface area contributed by atoms with E-state index < -0.39 is 0 Å². The van der Waals surface area contributed by atoms with Crippen molar-refractivity contribution in [1.82, 2.24) is 4.90 Å². The Morgan fingerprint density at radius 2 is 2.07 bits per heavy atom. The molecule has 0 radical (unpaired) electrons. The highest BCUT2D eigenvalue weighted by Crippen LogP contribution is 2.24. The fourth-order valence-corrected chi connectivity index (χ4v) is 2.28. The van der Waals surface area contributed by atoms with Crippen molar-refractivity contribution >= 4 is 5.84 Å². The lowest BCUT2D eigenvalue weighted by atomic mass is 9.89. The summed E-state index contributed by atoms with van der Waals surface area (Å²) < 4.78 is 0. The van der Waals surface area contributed by atoms with Crippen molar-refractivity contribution in [2.24, 2.45) is 11.8 Å². The molecule has 2 nitrogen and oxygen atoms in total. The summed E-state index contributed by atoms with van der Waals surface area (Å²) >= 11 is 0. The van der Waals surface area contributed by atoms with Crippen molar-refractivity contribution in [2.75, 3.05) is 13.1 Å². The van der Waals surface area contributed by atoms with Gasteiger partial charge in [-0.05, 0) is 31.1 Å². The maximum atomic E-state index is 7.83. The van der Waals surface area contributed by atoms with Gasteiger partial charge >= 0.3 is 0 Å². The highest BCUT2D eigenvalue weighted by Gasteiger charge is 2.19. The lowest BCUT2D eigenvalue weighted by Crippen LogP contribution is -2.30. The first-order chi connectivity index (χ1) is 6.65. The van der Waals surface area contributed by atoms with Gasteiger partial charge in [-0.3, -0.25) is 5.41 Å². The van der Waals surface area contributed by atoms with Crippen LogP contribution in [0, 0.1) is 17.2 Å². The van der Waals surface area contributed by atoms with E-state index in [9.17, 15) is 0 Å². The third-order valence-corrected chi connectivity index (χ3v) is 3.43. The molecule has 0 saturated carbocycles. The Morgan fingerprint density at radius 1 is 1.36 bits per heavy atom. The molecule has 1 N–H and O–H groups in total. The van der Waals surface area contributed by atoms with Gasteiger partial charge in [-0.25, -0.2) is 0 Å². The van der Waals surface area contributed by atoms with Crippen LogP contribution in [0.25, 0.3) is 0 Å². The van der Waals surface area contributed by atoms with E-state index in [0.717, 1.165) is 37.2 Å². The number of likely N-dealkylation sites (tertiary alicyclic amines) is 1. The van der Waals surface area contributed by atoms with E-state index in [-0.39, 0.29) is 0 Å². The van der Waals surface area contributed by atoms with E-state index in [1.807, 2.05) is 0 Å². The van der Waals surface area contributed by atoms with Gasteiger partial charge in [-0.1, -0.05) is 20.8 Å². The molecule has 1 atom stereocenters. The third kappa shape index (κ3) is 3.00. The van der Waals surface area contributed by atoms with E-state index in [1.54, 1.807) is 0 Å². The number of rotatable bonds is 2. The first-order valence-electron chi connectivity index (χ1n) is 5.97. The monoisotopic (exact) mass is 196 g/mol. The second-order valence-electron chi connectivity index (χ2n) is 4.72. The van der Waals surface area contributed by atoms with Crippen LogP contribution in [0.3, 0.4) is 0 Å². The average Bonchev–Trinajstić information content (AvgIpc) is 2.41. The van der Waals surface area contributed by atoms with Gasteiger partial charge in [0.1, 0.15) is 0 Å². The third-order valence-electron chi connectivity index (χ3n) is 3.43. The average molecular weight is 196 g/mol. The van der Waals surface area contributed by atoms with E-state index >= 15 is 0 Å². The minimum atomic E-state index is 0.811. The van der Waals surface area contributed by atoms with Gasteiger partial charge in [0, 0.05) is 19.5 Å². The van der Waals surface area contributed by atoms with Crippen molar-refractivity contribution in [2.45, 2.75) is 46.5 Å². The van der Waals surface area contributed by atoms with Gasteiger partial charge in [0.05, 0.1) is 5.84 Å². The molecule has 1 saturated heterocycles. The molecule has 2 heteroatoms. The molecule has 1 aliphatic rings. The van der Waals surface area contributed by atoms with Crippen molar-refractivity contribution in [1.29, 1.82) is 5.41 Å². The van der Waals surface area contributed by atoms with Crippen LogP contribution in [0.2, 0.25) is 0 Å². The second-order valence-corrected chi connectivity index (χ2v) is 4.72. The summed E-state index contributed by atoms with van der Waals surface area (Å²) in [6, 6.07) is 0. The molecule has 82 valence electrons. The van der Waals surface area contributed by atoms with Crippen molar-refractivity contribution in [3.05, 3.63) is 0 Å². The van der Waals surface area contributed by atoms with Crippen LogP contribution >= 0.6 is 0 Å². The van der Waals surface area contributed by atoms with Gasteiger partial charge in [0.25, 0.3) is 0 Å². The predicted octanol–water partition coefficient (Wildman–Crippen LogP) is 3.13. The Hall–Kier alpha value is -0.530. The molecule has 0 aliphatic carbocycles. The zero-order chi connectivity index (χ0) is 10.6. The van der Waals surface area contributed by atoms with Crippen LogP contribution in [-0.2, 0) is 0 Å². The van der Waals surface area contributed by atoms with Crippen LogP contribution in [0.15, 0.2) is 0 Å². The highest BCUT2D eigenvalue weighted by molar-refractivity contribution is 5.78. The molecule has 1 rings (SSSR count). The van der Waals surface area contributed by atoms with E-state index in [2.05, 4.69) is 25.7 Å². The molecule has 1 heterocycles. The predicted molar refractivity (Wildman–Crippen MR) is 61.8 cm³/mol. The number of nitrogens with zero attached hydrogens (tertiary/aromatic N) is 1. The standard InChI is InChI=1S/C12H24N2/c1-4-12(13)14-8-5-6-11(7-9-14)10(2)3/h10-11,13H,4-9H2,1-3H3. The first-order valence-corrected chi connectivity index (χ1v) is 5.97. The molecule has 0 amide bonds. The Labute approximate surface area is 88.2 Å². The Morgan fingerprint density at radius 3 is 2.64 bits per heavy atom. The quantitative estimate of drug-likeness (QED) is 0.533. The summed E-state index contributed by atoms with van der Waals surface area (Å²) in [6.45, 7) is 8.94. The van der Waals surface area contributed by atoms with Crippen LogP contribution in [0.5, 0.6) is 0 Å². The topological polar surface area (TPSA) is 27.1 Å². The molecule has 0 aromatic heterocycles. The maximum absolute atomic E-state index is 7.83. The fraction of sp³-hybridized carbons (Fsp3) is 0.917. The largest absolute Gasteiger partial charge is 0.361 e. The van der Waals surface area contributed by atoms with Crippen molar-refractivity contribution in [3.63, 3.8) is 0 Å². The maximum Gasteiger partial charge on any atom is 0.0954 e. The van der Waals surface area contributed by atoms with Gasteiger partial charge < -0.3 is 4.90 Å². The second kappa shape index (κ2) is 5.38. The van der Waals surface area contributed by atoms with E-state index in [1.165, 1.54) is 19.3 Å². The Balaban J connectivity index is 2.44. The molecular weight excluding hydrogens is 172 g/mol.